The smallest absolute Gasteiger partial charge is 0.407 e. The van der Waals surface area contributed by atoms with E-state index in [4.69, 9.17) is 4.98 Å². The lowest BCUT2D eigenvalue weighted by molar-refractivity contribution is -0.178. The first-order valence-corrected chi connectivity index (χ1v) is 14.3. The number of amides is 2. The Bertz CT molecular complexity index is 1320. The molecule has 3 aliphatic rings. The average Bonchev–Trinajstić information content (AvgIpc) is 3.48. The molecule has 4 heterocycles. The van der Waals surface area contributed by atoms with Crippen molar-refractivity contribution < 1.29 is 32.3 Å². The number of carbonyl (C=O) groups excluding carboxylic acids is 1. The van der Waals surface area contributed by atoms with Gasteiger partial charge >= 0.3 is 12.3 Å². The predicted octanol–water partition coefficient (Wildman–Crippen LogP) is 4.52. The van der Waals surface area contributed by atoms with E-state index in [0.717, 1.165) is 16.8 Å². The third-order valence-electron chi connectivity index (χ3n) is 8.76. The van der Waals surface area contributed by atoms with Crippen LogP contribution in [-0.4, -0.2) is 100 Å². The number of hydrogen-bond acceptors (Lipinski definition) is 5. The molecule has 2 saturated heterocycles. The van der Waals surface area contributed by atoms with Gasteiger partial charge in [-0.25, -0.2) is 9.18 Å². The van der Waals surface area contributed by atoms with Gasteiger partial charge < -0.3 is 14.9 Å². The molecule has 0 spiro atoms. The SMILES string of the molecule is C[C@@H]1CN(CC(=O)N2CC(C)(C)c3ncc(Cc4ccc(F)cc4)cc32)[C@@H](CN2CCC[C@H]2C(F)(F)F)CN1C(=O)O. The molecule has 12 heteroatoms. The van der Waals surface area contributed by atoms with Crippen molar-refractivity contribution in [3.8, 4) is 0 Å². The van der Waals surface area contributed by atoms with Crippen molar-refractivity contribution in [2.45, 2.75) is 69.8 Å². The third kappa shape index (κ3) is 6.24. The summed E-state index contributed by atoms with van der Waals surface area (Å²) >= 11 is 0. The van der Waals surface area contributed by atoms with Crippen molar-refractivity contribution in [1.29, 1.82) is 0 Å². The molecule has 8 nitrogen and oxygen atoms in total. The molecule has 0 saturated carbocycles. The van der Waals surface area contributed by atoms with E-state index in [1.165, 1.54) is 21.9 Å². The molecular formula is C30H37F4N5O3. The fraction of sp³-hybridized carbons (Fsp3) is 0.567. The largest absolute Gasteiger partial charge is 0.465 e. The number of fused-ring (bicyclic) bond motifs is 1. The van der Waals surface area contributed by atoms with Gasteiger partial charge in [0.1, 0.15) is 11.9 Å². The molecule has 2 amide bonds. The summed E-state index contributed by atoms with van der Waals surface area (Å²) in [5.74, 6) is -0.530. The first kappa shape index (κ1) is 30.2. The highest BCUT2D eigenvalue weighted by Gasteiger charge is 2.48. The molecule has 42 heavy (non-hydrogen) atoms. The number of aromatic nitrogens is 1. The maximum absolute atomic E-state index is 13.9. The van der Waals surface area contributed by atoms with Crippen LogP contribution in [0.1, 0.15) is 50.4 Å². The Balaban J connectivity index is 1.37. The molecule has 228 valence electrons. The average molecular weight is 592 g/mol. The Morgan fingerprint density at radius 3 is 2.48 bits per heavy atom. The summed E-state index contributed by atoms with van der Waals surface area (Å²) < 4.78 is 54.5. The van der Waals surface area contributed by atoms with Gasteiger partial charge in [0.05, 0.1) is 17.9 Å². The monoisotopic (exact) mass is 591 g/mol. The number of hydrogen-bond donors (Lipinski definition) is 1. The van der Waals surface area contributed by atoms with Gasteiger partial charge in [0.15, 0.2) is 0 Å². The zero-order valence-electron chi connectivity index (χ0n) is 24.1. The van der Waals surface area contributed by atoms with E-state index < -0.39 is 35.8 Å². The number of nitrogens with zero attached hydrogens (tertiary/aromatic N) is 5. The van der Waals surface area contributed by atoms with Crippen LogP contribution < -0.4 is 4.90 Å². The minimum atomic E-state index is -4.37. The van der Waals surface area contributed by atoms with Gasteiger partial charge in [0.25, 0.3) is 0 Å². The lowest BCUT2D eigenvalue weighted by Crippen LogP contribution is -2.63. The minimum absolute atomic E-state index is 0.0150. The van der Waals surface area contributed by atoms with Crippen LogP contribution in [0.25, 0.3) is 0 Å². The van der Waals surface area contributed by atoms with E-state index in [1.807, 2.05) is 24.8 Å². The fourth-order valence-electron chi connectivity index (χ4n) is 6.62. The zero-order chi connectivity index (χ0) is 30.4. The first-order chi connectivity index (χ1) is 19.7. The van der Waals surface area contributed by atoms with E-state index in [2.05, 4.69) is 0 Å². The summed E-state index contributed by atoms with van der Waals surface area (Å²) in [6.45, 7) is 6.67. The summed E-state index contributed by atoms with van der Waals surface area (Å²) in [6, 6.07) is 5.58. The summed E-state index contributed by atoms with van der Waals surface area (Å²) in [7, 11) is 0. The second kappa shape index (κ2) is 11.4. The van der Waals surface area contributed by atoms with Crippen LogP contribution in [-0.2, 0) is 16.6 Å². The maximum Gasteiger partial charge on any atom is 0.407 e. The Morgan fingerprint density at radius 2 is 1.81 bits per heavy atom. The van der Waals surface area contributed by atoms with Gasteiger partial charge in [-0.2, -0.15) is 13.2 Å². The maximum atomic E-state index is 13.9. The second-order valence-electron chi connectivity index (χ2n) is 12.4. The van der Waals surface area contributed by atoms with Crippen LogP contribution in [0.3, 0.4) is 0 Å². The zero-order valence-corrected chi connectivity index (χ0v) is 24.1. The van der Waals surface area contributed by atoms with Crippen molar-refractivity contribution >= 4 is 17.7 Å². The van der Waals surface area contributed by atoms with Gasteiger partial charge in [-0.3, -0.25) is 19.6 Å². The van der Waals surface area contributed by atoms with Crippen molar-refractivity contribution in [1.82, 2.24) is 19.7 Å². The number of anilines is 1. The van der Waals surface area contributed by atoms with Crippen LogP contribution in [0.5, 0.6) is 0 Å². The Labute approximate surface area is 242 Å². The number of carbonyl (C=O) groups is 2. The van der Waals surface area contributed by atoms with E-state index in [-0.39, 0.29) is 50.9 Å². The number of piperazine rings is 1. The van der Waals surface area contributed by atoms with Crippen LogP contribution in [0.2, 0.25) is 0 Å². The van der Waals surface area contributed by atoms with Crippen molar-refractivity contribution in [3.05, 3.63) is 59.2 Å². The van der Waals surface area contributed by atoms with Crippen LogP contribution >= 0.6 is 0 Å². The van der Waals surface area contributed by atoms with Crippen molar-refractivity contribution in [3.63, 3.8) is 0 Å². The molecule has 1 aromatic heterocycles. The molecule has 1 N–H and O–H groups in total. The van der Waals surface area contributed by atoms with Crippen LogP contribution in [0.15, 0.2) is 36.5 Å². The van der Waals surface area contributed by atoms with Crippen molar-refractivity contribution in [2.75, 3.05) is 44.2 Å². The Hall–Kier alpha value is -3.25. The minimum Gasteiger partial charge on any atom is -0.465 e. The normalized spacial score (nSPS) is 24.7. The van der Waals surface area contributed by atoms with E-state index in [1.54, 1.807) is 30.2 Å². The van der Waals surface area contributed by atoms with Crippen LogP contribution in [0, 0.1) is 5.82 Å². The summed E-state index contributed by atoms with van der Waals surface area (Å²) in [6.07, 6.45) is -2.77. The third-order valence-corrected chi connectivity index (χ3v) is 8.76. The summed E-state index contributed by atoms with van der Waals surface area (Å²) in [5.41, 5.74) is 2.83. The molecule has 2 aromatic rings. The van der Waals surface area contributed by atoms with E-state index >= 15 is 0 Å². The first-order valence-electron chi connectivity index (χ1n) is 14.3. The molecule has 0 bridgehead atoms. The molecule has 0 aliphatic carbocycles. The predicted molar refractivity (Wildman–Crippen MR) is 149 cm³/mol. The number of halogens is 4. The molecule has 5 rings (SSSR count). The molecule has 3 aliphatic heterocycles. The van der Waals surface area contributed by atoms with Gasteiger partial charge in [-0.05, 0) is 62.1 Å². The topological polar surface area (TPSA) is 80.2 Å². The number of carboxylic acid groups (broad SMARTS) is 1. The highest BCUT2D eigenvalue weighted by molar-refractivity contribution is 5.97. The quantitative estimate of drug-likeness (QED) is 0.498. The summed E-state index contributed by atoms with van der Waals surface area (Å²) in [4.78, 5) is 36.7. The molecule has 0 unspecified atom stereocenters. The van der Waals surface area contributed by atoms with Gasteiger partial charge in [-0.15, -0.1) is 0 Å². The second-order valence-corrected chi connectivity index (χ2v) is 12.4. The fourth-order valence-corrected chi connectivity index (χ4v) is 6.62. The number of benzene rings is 1. The van der Waals surface area contributed by atoms with Gasteiger partial charge in [-0.1, -0.05) is 26.0 Å². The highest BCUT2D eigenvalue weighted by atomic mass is 19.4. The lowest BCUT2D eigenvalue weighted by Gasteiger charge is -2.46. The van der Waals surface area contributed by atoms with Gasteiger partial charge in [0, 0.05) is 49.9 Å². The van der Waals surface area contributed by atoms with Crippen LogP contribution in [0.4, 0.5) is 28.0 Å². The number of alkyl halides is 3. The van der Waals surface area contributed by atoms with E-state index in [9.17, 15) is 32.3 Å². The highest BCUT2D eigenvalue weighted by Crippen LogP contribution is 2.40. The van der Waals surface area contributed by atoms with Gasteiger partial charge in [0.2, 0.25) is 5.91 Å². The molecule has 3 atom stereocenters. The van der Waals surface area contributed by atoms with E-state index in [0.29, 0.717) is 25.1 Å². The molecule has 0 radical (unpaired) electrons. The standard InChI is InChI=1S/C30H37F4N5O3/c1-19-14-37(23(16-38(19)28(41)42)15-36-10-4-5-25(36)30(32,33)34)17-26(40)39-18-29(2,3)27-24(39)12-21(13-35-27)11-20-6-8-22(31)9-7-20/h6-9,12-13,19,23,25H,4-5,10-11,14-18H2,1-3H3,(H,41,42)/t19-,23+,25+/m1/s1. The Morgan fingerprint density at radius 1 is 1.10 bits per heavy atom. The molecular weight excluding hydrogens is 554 g/mol. The number of rotatable bonds is 6. The van der Waals surface area contributed by atoms with Crippen molar-refractivity contribution in [2.24, 2.45) is 0 Å². The molecule has 2 fully saturated rings. The Kier molecular flexibility index (Phi) is 8.23. The lowest BCUT2D eigenvalue weighted by atomic mass is 9.91. The number of likely N-dealkylation sites (tertiary alicyclic amines) is 1. The summed E-state index contributed by atoms with van der Waals surface area (Å²) in [5, 5.41) is 9.73. The number of pyridine rings is 1. The molecule has 1 aromatic carbocycles.